The molecular formula is C14H20BrNO2. The molecular weight excluding hydrogens is 294 g/mol. The van der Waals surface area contributed by atoms with Gasteiger partial charge in [-0.15, -0.1) is 0 Å². The number of hydrogen-bond donors (Lipinski definition) is 1. The van der Waals surface area contributed by atoms with E-state index in [0.29, 0.717) is 6.42 Å². The molecule has 0 fully saturated rings. The number of halogens is 1. The van der Waals surface area contributed by atoms with Gasteiger partial charge in [0.15, 0.2) is 0 Å². The van der Waals surface area contributed by atoms with Crippen molar-refractivity contribution in [2.45, 2.75) is 25.4 Å². The minimum absolute atomic E-state index is 0.310. The third kappa shape index (κ3) is 3.46. The molecule has 1 aromatic carbocycles. The first-order chi connectivity index (χ1) is 8.56. The van der Waals surface area contributed by atoms with E-state index >= 15 is 0 Å². The van der Waals surface area contributed by atoms with Gasteiger partial charge in [0.25, 0.3) is 0 Å². The highest BCUT2D eigenvalue weighted by Crippen LogP contribution is 2.33. The smallest absolute Gasteiger partial charge is 0.125 e. The normalized spacial score (nSPS) is 15.6. The van der Waals surface area contributed by atoms with E-state index in [9.17, 15) is 5.11 Å². The third-order valence-electron chi connectivity index (χ3n) is 3.19. The van der Waals surface area contributed by atoms with E-state index in [4.69, 9.17) is 4.74 Å². The van der Waals surface area contributed by atoms with Gasteiger partial charge in [-0.3, -0.25) is 0 Å². The number of fused-ring (bicyclic) bond motifs is 1. The average molecular weight is 314 g/mol. The first-order valence-corrected chi connectivity index (χ1v) is 7.12. The Morgan fingerprint density at radius 1 is 1.44 bits per heavy atom. The van der Waals surface area contributed by atoms with Gasteiger partial charge in [-0.25, -0.2) is 0 Å². The first kappa shape index (κ1) is 13.8. The summed E-state index contributed by atoms with van der Waals surface area (Å²) in [7, 11) is 4.04. The summed E-state index contributed by atoms with van der Waals surface area (Å²) in [6, 6.07) is 4.17. The first-order valence-electron chi connectivity index (χ1n) is 6.33. The molecule has 4 heteroatoms. The van der Waals surface area contributed by atoms with Crippen molar-refractivity contribution in [1.29, 1.82) is 0 Å². The number of nitrogens with zero attached hydrogens (tertiary/aromatic N) is 1. The lowest BCUT2D eigenvalue weighted by atomic mass is 10.0. The highest BCUT2D eigenvalue weighted by molar-refractivity contribution is 9.10. The molecule has 1 aliphatic rings. The molecule has 18 heavy (non-hydrogen) atoms. The van der Waals surface area contributed by atoms with Crippen LogP contribution in [0.1, 0.15) is 17.5 Å². The fourth-order valence-electron chi connectivity index (χ4n) is 2.26. The summed E-state index contributed by atoms with van der Waals surface area (Å²) in [6.45, 7) is 1.66. The molecule has 0 saturated heterocycles. The molecule has 0 aromatic heterocycles. The van der Waals surface area contributed by atoms with Crippen molar-refractivity contribution in [3.63, 3.8) is 0 Å². The second kappa shape index (κ2) is 6.04. The largest absolute Gasteiger partial charge is 0.493 e. The number of hydrogen-bond acceptors (Lipinski definition) is 3. The Morgan fingerprint density at radius 3 is 2.94 bits per heavy atom. The predicted molar refractivity (Wildman–Crippen MR) is 76.2 cm³/mol. The van der Waals surface area contributed by atoms with Crippen LogP contribution >= 0.6 is 15.9 Å². The van der Waals surface area contributed by atoms with Crippen LogP contribution in [0.25, 0.3) is 0 Å². The van der Waals surface area contributed by atoms with E-state index in [1.807, 2.05) is 14.1 Å². The summed E-state index contributed by atoms with van der Waals surface area (Å²) in [5.41, 5.74) is 2.36. The van der Waals surface area contributed by atoms with Crippen molar-refractivity contribution in [2.75, 3.05) is 27.2 Å². The Hall–Kier alpha value is -0.580. The molecule has 0 bridgehead atoms. The lowest BCUT2D eigenvalue weighted by Crippen LogP contribution is -2.21. The summed E-state index contributed by atoms with van der Waals surface area (Å²) < 4.78 is 6.74. The molecule has 3 nitrogen and oxygen atoms in total. The maximum atomic E-state index is 10.1. The molecule has 1 aromatic rings. The number of aliphatic hydroxyl groups excluding tert-OH is 1. The standard InChI is InChI=1S/C14H20BrNO2/c1-16(2)5-3-13(17)9-11-8-12(15)7-10-4-6-18-14(10)11/h7-8,13,17H,3-6,9H2,1-2H3. The van der Waals surface area contributed by atoms with E-state index in [0.717, 1.165) is 41.8 Å². The average Bonchev–Trinajstić information content (AvgIpc) is 2.74. The predicted octanol–water partition coefficient (Wildman–Crippen LogP) is 2.24. The highest BCUT2D eigenvalue weighted by Gasteiger charge is 2.19. The minimum Gasteiger partial charge on any atom is -0.493 e. The zero-order chi connectivity index (χ0) is 13.1. The van der Waals surface area contributed by atoms with Crippen molar-refractivity contribution in [1.82, 2.24) is 4.90 Å². The monoisotopic (exact) mass is 313 g/mol. The van der Waals surface area contributed by atoms with Crippen molar-refractivity contribution in [3.8, 4) is 5.75 Å². The van der Waals surface area contributed by atoms with Crippen molar-refractivity contribution in [3.05, 3.63) is 27.7 Å². The van der Waals surface area contributed by atoms with E-state index in [2.05, 4.69) is 33.0 Å². The Bertz CT molecular complexity index is 421. The molecule has 2 rings (SSSR count). The number of rotatable bonds is 5. The molecule has 0 spiro atoms. The second-order valence-electron chi connectivity index (χ2n) is 5.10. The van der Waals surface area contributed by atoms with Crippen molar-refractivity contribution >= 4 is 15.9 Å². The second-order valence-corrected chi connectivity index (χ2v) is 6.02. The minimum atomic E-state index is -0.310. The lowest BCUT2D eigenvalue weighted by molar-refractivity contribution is 0.151. The number of aliphatic hydroxyl groups is 1. The van der Waals surface area contributed by atoms with Gasteiger partial charge in [0.05, 0.1) is 12.7 Å². The maximum Gasteiger partial charge on any atom is 0.125 e. The lowest BCUT2D eigenvalue weighted by Gasteiger charge is -2.16. The molecule has 100 valence electrons. The summed E-state index contributed by atoms with van der Waals surface area (Å²) in [6.07, 6.45) is 2.11. The summed E-state index contributed by atoms with van der Waals surface area (Å²) >= 11 is 3.52. The zero-order valence-electron chi connectivity index (χ0n) is 10.9. The van der Waals surface area contributed by atoms with Crippen LogP contribution in [-0.4, -0.2) is 43.4 Å². The zero-order valence-corrected chi connectivity index (χ0v) is 12.5. The fourth-order valence-corrected chi connectivity index (χ4v) is 2.81. The molecule has 1 unspecified atom stereocenters. The van der Waals surface area contributed by atoms with Crippen LogP contribution in [-0.2, 0) is 12.8 Å². The van der Waals surface area contributed by atoms with E-state index in [1.165, 1.54) is 5.56 Å². The maximum absolute atomic E-state index is 10.1. The van der Waals surface area contributed by atoms with Crippen molar-refractivity contribution in [2.24, 2.45) is 0 Å². The Kier molecular flexibility index (Phi) is 4.65. The van der Waals surface area contributed by atoms with Crippen LogP contribution in [0.2, 0.25) is 0 Å². The molecule has 0 radical (unpaired) electrons. The third-order valence-corrected chi connectivity index (χ3v) is 3.65. The Labute approximate surface area is 117 Å². The van der Waals surface area contributed by atoms with Crippen molar-refractivity contribution < 1.29 is 9.84 Å². The molecule has 1 atom stereocenters. The molecule has 0 aliphatic carbocycles. The van der Waals surface area contributed by atoms with Gasteiger partial charge in [0.2, 0.25) is 0 Å². The Balaban J connectivity index is 2.05. The molecule has 0 amide bonds. The topological polar surface area (TPSA) is 32.7 Å². The Morgan fingerprint density at radius 2 is 2.22 bits per heavy atom. The molecule has 1 aliphatic heterocycles. The van der Waals surface area contributed by atoms with E-state index in [1.54, 1.807) is 0 Å². The number of benzene rings is 1. The quantitative estimate of drug-likeness (QED) is 0.905. The highest BCUT2D eigenvalue weighted by atomic mass is 79.9. The SMILES string of the molecule is CN(C)CCC(O)Cc1cc(Br)cc2c1OCC2. The summed E-state index contributed by atoms with van der Waals surface area (Å²) in [5.74, 6) is 0.988. The number of ether oxygens (including phenoxy) is 1. The van der Waals surface area contributed by atoms with Gasteiger partial charge in [0.1, 0.15) is 5.75 Å². The molecule has 0 saturated carbocycles. The van der Waals surface area contributed by atoms with Gasteiger partial charge >= 0.3 is 0 Å². The van der Waals surface area contributed by atoms with Gasteiger partial charge in [-0.1, -0.05) is 15.9 Å². The van der Waals surface area contributed by atoms with Crippen LogP contribution in [0.4, 0.5) is 0 Å². The molecule has 1 heterocycles. The summed E-state index contributed by atoms with van der Waals surface area (Å²) in [5, 5.41) is 10.1. The van der Waals surface area contributed by atoms with Gasteiger partial charge < -0.3 is 14.7 Å². The molecule has 1 N–H and O–H groups in total. The van der Waals surface area contributed by atoms with Gasteiger partial charge in [0, 0.05) is 17.3 Å². The summed E-state index contributed by atoms with van der Waals surface area (Å²) in [4.78, 5) is 2.09. The van der Waals surface area contributed by atoms with Gasteiger partial charge in [-0.05, 0) is 50.3 Å². The van der Waals surface area contributed by atoms with Crippen LogP contribution in [0.15, 0.2) is 16.6 Å². The van der Waals surface area contributed by atoms with Crippen LogP contribution in [0.3, 0.4) is 0 Å². The van der Waals surface area contributed by atoms with E-state index in [-0.39, 0.29) is 6.10 Å². The van der Waals surface area contributed by atoms with Crippen LogP contribution < -0.4 is 4.74 Å². The van der Waals surface area contributed by atoms with Gasteiger partial charge in [-0.2, -0.15) is 0 Å². The van der Waals surface area contributed by atoms with Crippen LogP contribution in [0, 0.1) is 0 Å². The van der Waals surface area contributed by atoms with Crippen LogP contribution in [0.5, 0.6) is 5.75 Å². The fraction of sp³-hybridized carbons (Fsp3) is 0.571. The van der Waals surface area contributed by atoms with E-state index < -0.39 is 0 Å².